The number of carbonyl (C=O) groups excluding carboxylic acids is 2. The molecule has 1 aromatic rings. The van der Waals surface area contributed by atoms with Gasteiger partial charge in [-0.3, -0.25) is 20.4 Å². The number of sulfonamides is 1. The molecule has 7 nitrogen and oxygen atoms in total. The lowest BCUT2D eigenvalue weighted by atomic mass is 10.4. The number of hydrogen-bond donors (Lipinski definition) is 2. The second-order valence-corrected chi connectivity index (χ2v) is 7.12. The molecule has 0 bridgehead atoms. The minimum absolute atomic E-state index is 0.0144. The number of halogens is 1. The van der Waals surface area contributed by atoms with E-state index in [4.69, 9.17) is 11.6 Å². The number of benzene rings is 1. The first kappa shape index (κ1) is 19.9. The number of likely N-dealkylation sites (N-methyl/N-ethyl adjacent to an activating group) is 1. The van der Waals surface area contributed by atoms with Crippen molar-refractivity contribution >= 4 is 33.4 Å². The molecule has 0 aliphatic rings. The van der Waals surface area contributed by atoms with Crippen LogP contribution in [0, 0.1) is 0 Å². The molecule has 24 heavy (non-hydrogen) atoms. The summed E-state index contributed by atoms with van der Waals surface area (Å²) in [5, 5.41) is 0.406. The highest BCUT2D eigenvalue weighted by Crippen LogP contribution is 2.17. The van der Waals surface area contributed by atoms with Gasteiger partial charge in [0.2, 0.25) is 10.0 Å². The third-order valence-electron chi connectivity index (χ3n) is 2.76. The zero-order chi connectivity index (χ0) is 18.2. The number of hydrazine groups is 1. The van der Waals surface area contributed by atoms with Gasteiger partial charge in [0, 0.05) is 18.1 Å². The largest absolute Gasteiger partial charge is 0.272 e. The highest BCUT2D eigenvalue weighted by molar-refractivity contribution is 7.89. The Kier molecular flexibility index (Phi) is 7.63. The fourth-order valence-electron chi connectivity index (χ4n) is 1.54. The molecule has 0 aromatic heterocycles. The fraction of sp³-hybridized carbons (Fsp3) is 0.200. The number of nitrogens with zero attached hydrogens (tertiary/aromatic N) is 1. The van der Waals surface area contributed by atoms with E-state index < -0.39 is 28.4 Å². The second kappa shape index (κ2) is 9.21. The Morgan fingerprint density at radius 1 is 1.17 bits per heavy atom. The van der Waals surface area contributed by atoms with E-state index in [1.54, 1.807) is 19.1 Å². The Balaban J connectivity index is 2.60. The Morgan fingerprint density at radius 2 is 1.79 bits per heavy atom. The summed E-state index contributed by atoms with van der Waals surface area (Å²) in [6.45, 7) is 1.34. The maximum Gasteiger partial charge on any atom is 0.262 e. The van der Waals surface area contributed by atoms with Crippen molar-refractivity contribution in [2.45, 2.75) is 11.8 Å². The van der Waals surface area contributed by atoms with Gasteiger partial charge in [-0.1, -0.05) is 29.8 Å². The molecule has 1 aromatic carbocycles. The van der Waals surface area contributed by atoms with E-state index in [-0.39, 0.29) is 4.90 Å². The van der Waals surface area contributed by atoms with Crippen molar-refractivity contribution in [3.63, 3.8) is 0 Å². The van der Waals surface area contributed by atoms with Crippen LogP contribution in [0.5, 0.6) is 0 Å². The summed E-state index contributed by atoms with van der Waals surface area (Å²) >= 11 is 5.72. The average Bonchev–Trinajstić information content (AvgIpc) is 2.53. The maximum absolute atomic E-state index is 12.3. The van der Waals surface area contributed by atoms with Gasteiger partial charge >= 0.3 is 0 Å². The van der Waals surface area contributed by atoms with Gasteiger partial charge in [-0.25, -0.2) is 8.42 Å². The van der Waals surface area contributed by atoms with Crippen LogP contribution in [-0.4, -0.2) is 38.1 Å². The summed E-state index contributed by atoms with van der Waals surface area (Å²) < 4.78 is 25.4. The molecule has 0 fully saturated rings. The van der Waals surface area contributed by atoms with Crippen molar-refractivity contribution in [3.8, 4) is 0 Å². The van der Waals surface area contributed by atoms with Crippen molar-refractivity contribution < 1.29 is 18.0 Å². The second-order valence-electron chi connectivity index (χ2n) is 4.64. The average molecular weight is 372 g/mol. The van der Waals surface area contributed by atoms with Gasteiger partial charge in [-0.05, 0) is 31.2 Å². The van der Waals surface area contributed by atoms with Gasteiger partial charge < -0.3 is 0 Å². The predicted molar refractivity (Wildman–Crippen MR) is 91.5 cm³/mol. The summed E-state index contributed by atoms with van der Waals surface area (Å²) in [7, 11) is -2.57. The monoisotopic (exact) mass is 371 g/mol. The fourth-order valence-corrected chi connectivity index (χ4v) is 2.79. The molecule has 1 rings (SSSR count). The van der Waals surface area contributed by atoms with Crippen LogP contribution in [0.3, 0.4) is 0 Å². The van der Waals surface area contributed by atoms with Gasteiger partial charge in [0.05, 0.1) is 11.4 Å². The molecular weight excluding hydrogens is 354 g/mol. The third kappa shape index (κ3) is 6.15. The Labute approximate surface area is 146 Å². The van der Waals surface area contributed by atoms with Crippen molar-refractivity contribution in [3.05, 3.63) is 53.6 Å². The summed E-state index contributed by atoms with van der Waals surface area (Å²) in [5.41, 5.74) is 4.28. The molecule has 0 aliphatic heterocycles. The molecule has 0 aliphatic carbocycles. The van der Waals surface area contributed by atoms with Gasteiger partial charge in [-0.2, -0.15) is 4.31 Å². The van der Waals surface area contributed by atoms with Gasteiger partial charge in [0.25, 0.3) is 11.8 Å². The molecule has 130 valence electrons. The molecule has 0 saturated heterocycles. The summed E-state index contributed by atoms with van der Waals surface area (Å²) in [5.74, 6) is -1.22. The molecule has 9 heteroatoms. The van der Waals surface area contributed by atoms with Crippen LogP contribution in [0.1, 0.15) is 6.92 Å². The Morgan fingerprint density at radius 3 is 2.38 bits per heavy atom. The first-order valence-electron chi connectivity index (χ1n) is 6.87. The molecule has 0 unspecified atom stereocenters. The number of rotatable bonds is 6. The van der Waals surface area contributed by atoms with Crippen LogP contribution >= 0.6 is 11.6 Å². The predicted octanol–water partition coefficient (Wildman–Crippen LogP) is 1.24. The standard InChI is InChI=1S/C15H18ClN3O4S/c1-3-4-5-6-14(20)17-18-15(21)11-19(2)24(22,23)13-9-7-12(16)8-10-13/h3-10H,11H2,1-2H3,(H,17,20)(H,18,21). The zero-order valence-electron chi connectivity index (χ0n) is 13.2. The molecule has 0 heterocycles. The highest BCUT2D eigenvalue weighted by Gasteiger charge is 2.22. The van der Waals surface area contributed by atoms with Gasteiger partial charge in [0.1, 0.15) is 0 Å². The van der Waals surface area contributed by atoms with Crippen LogP contribution in [0.4, 0.5) is 0 Å². The van der Waals surface area contributed by atoms with E-state index in [0.717, 1.165) is 4.31 Å². The van der Waals surface area contributed by atoms with E-state index in [9.17, 15) is 18.0 Å². The number of amides is 2. The number of nitrogens with one attached hydrogen (secondary N) is 2. The van der Waals surface area contributed by atoms with E-state index >= 15 is 0 Å². The zero-order valence-corrected chi connectivity index (χ0v) is 14.8. The lowest BCUT2D eigenvalue weighted by Crippen LogP contribution is -2.46. The molecule has 0 radical (unpaired) electrons. The number of allylic oxidation sites excluding steroid dienone is 3. The SMILES string of the molecule is CC=CC=CC(=O)NNC(=O)CN(C)S(=O)(=O)c1ccc(Cl)cc1. The molecule has 0 saturated carbocycles. The minimum atomic E-state index is -3.83. The van der Waals surface area contributed by atoms with E-state index in [2.05, 4.69) is 10.9 Å². The first-order valence-corrected chi connectivity index (χ1v) is 8.69. The van der Waals surface area contributed by atoms with Crippen molar-refractivity contribution in [2.75, 3.05) is 13.6 Å². The van der Waals surface area contributed by atoms with Crippen molar-refractivity contribution in [1.29, 1.82) is 0 Å². The lowest BCUT2D eigenvalue weighted by Gasteiger charge is -2.16. The molecule has 2 N–H and O–H groups in total. The van der Waals surface area contributed by atoms with E-state index in [1.807, 2.05) is 0 Å². The Hall–Kier alpha value is -2.16. The third-order valence-corrected chi connectivity index (χ3v) is 4.83. The molecule has 2 amide bonds. The topological polar surface area (TPSA) is 95.6 Å². The quantitative estimate of drug-likeness (QED) is 0.447. The van der Waals surface area contributed by atoms with Crippen LogP contribution in [0.25, 0.3) is 0 Å². The molecule has 0 atom stereocenters. The Bertz CT molecular complexity index is 742. The minimum Gasteiger partial charge on any atom is -0.272 e. The summed E-state index contributed by atoms with van der Waals surface area (Å²) in [4.78, 5) is 23.1. The summed E-state index contributed by atoms with van der Waals surface area (Å²) in [6, 6.07) is 5.58. The molecule has 0 spiro atoms. The van der Waals surface area contributed by atoms with E-state index in [1.165, 1.54) is 43.5 Å². The van der Waals surface area contributed by atoms with Crippen LogP contribution in [0.15, 0.2) is 53.5 Å². The molecular formula is C15H18ClN3O4S. The normalized spacial score (nSPS) is 12.0. The number of hydrogen-bond acceptors (Lipinski definition) is 4. The first-order chi connectivity index (χ1) is 11.3. The smallest absolute Gasteiger partial charge is 0.262 e. The van der Waals surface area contributed by atoms with Crippen molar-refractivity contribution in [2.24, 2.45) is 0 Å². The lowest BCUT2D eigenvalue weighted by molar-refractivity contribution is -0.126. The highest BCUT2D eigenvalue weighted by atomic mass is 35.5. The number of carbonyl (C=O) groups is 2. The van der Waals surface area contributed by atoms with Crippen LogP contribution in [-0.2, 0) is 19.6 Å². The van der Waals surface area contributed by atoms with Crippen LogP contribution in [0.2, 0.25) is 5.02 Å². The van der Waals surface area contributed by atoms with Gasteiger partial charge in [-0.15, -0.1) is 0 Å². The van der Waals surface area contributed by atoms with Crippen LogP contribution < -0.4 is 10.9 Å². The van der Waals surface area contributed by atoms with Gasteiger partial charge in [0.15, 0.2) is 0 Å². The summed E-state index contributed by atoms with van der Waals surface area (Å²) in [6.07, 6.45) is 6.10. The van der Waals surface area contributed by atoms with Crippen molar-refractivity contribution in [1.82, 2.24) is 15.2 Å². The maximum atomic E-state index is 12.3. The van der Waals surface area contributed by atoms with E-state index in [0.29, 0.717) is 5.02 Å².